The van der Waals surface area contributed by atoms with Crippen LogP contribution in [0.15, 0.2) is 30.1 Å². The summed E-state index contributed by atoms with van der Waals surface area (Å²) in [4.78, 5) is 4.10. The van der Waals surface area contributed by atoms with Gasteiger partial charge in [-0.25, -0.2) is 0 Å². The molecule has 31 heavy (non-hydrogen) atoms. The molecule has 3 fully saturated rings. The van der Waals surface area contributed by atoms with Gasteiger partial charge in [0, 0.05) is 49.1 Å². The van der Waals surface area contributed by atoms with Crippen LogP contribution in [0.4, 0.5) is 13.2 Å². The van der Waals surface area contributed by atoms with Crippen molar-refractivity contribution in [3.05, 3.63) is 35.8 Å². The number of nitrogens with zero attached hydrogens (tertiary/aromatic N) is 4. The Bertz CT molecular complexity index is 886. The van der Waals surface area contributed by atoms with Crippen molar-refractivity contribution < 1.29 is 17.9 Å². The molecule has 6 nitrogen and oxygen atoms in total. The van der Waals surface area contributed by atoms with Gasteiger partial charge in [-0.05, 0) is 44.7 Å². The predicted octanol–water partition coefficient (Wildman–Crippen LogP) is 3.00. The lowest BCUT2D eigenvalue weighted by molar-refractivity contribution is -0.101. The first-order valence-electron chi connectivity index (χ1n) is 11.2. The van der Waals surface area contributed by atoms with Crippen LogP contribution in [0.25, 0.3) is 5.57 Å². The summed E-state index contributed by atoms with van der Waals surface area (Å²) in [5, 5.41) is 4.72. The van der Waals surface area contributed by atoms with E-state index in [1.807, 2.05) is 30.8 Å². The van der Waals surface area contributed by atoms with E-state index >= 15 is 0 Å². The fourth-order valence-electron chi connectivity index (χ4n) is 5.73. The molecule has 5 rings (SSSR count). The van der Waals surface area contributed by atoms with Crippen molar-refractivity contribution in [2.75, 3.05) is 26.3 Å². The highest BCUT2D eigenvalue weighted by Crippen LogP contribution is 2.61. The SMILES string of the molecule is CC(C)N1C=C(c2ccn(C3C4CCC(N5CCOCC5)C43)n2)C=C(C(F)(F)F)C1N. The van der Waals surface area contributed by atoms with Gasteiger partial charge in [0.05, 0.1) is 30.5 Å². The van der Waals surface area contributed by atoms with Gasteiger partial charge in [0.2, 0.25) is 0 Å². The van der Waals surface area contributed by atoms with Crippen LogP contribution in [-0.4, -0.2) is 70.3 Å². The summed E-state index contributed by atoms with van der Waals surface area (Å²) in [5.74, 6) is 1.19. The Hall–Kier alpha value is -1.84. The highest BCUT2D eigenvalue weighted by atomic mass is 19.4. The molecule has 2 aliphatic heterocycles. The van der Waals surface area contributed by atoms with Crippen molar-refractivity contribution in [2.45, 2.75) is 57.2 Å². The van der Waals surface area contributed by atoms with E-state index in [4.69, 9.17) is 15.6 Å². The number of nitrogens with two attached hydrogens (primary N) is 1. The van der Waals surface area contributed by atoms with Gasteiger partial charge in [-0.3, -0.25) is 9.58 Å². The molecule has 9 heteroatoms. The maximum atomic E-state index is 13.6. The minimum absolute atomic E-state index is 0.157. The number of aromatic nitrogens is 2. The van der Waals surface area contributed by atoms with Crippen LogP contribution in [0.3, 0.4) is 0 Å². The van der Waals surface area contributed by atoms with E-state index in [1.165, 1.54) is 12.8 Å². The zero-order valence-corrected chi connectivity index (χ0v) is 17.9. The van der Waals surface area contributed by atoms with E-state index in [9.17, 15) is 13.2 Å². The van der Waals surface area contributed by atoms with Gasteiger partial charge in [0.25, 0.3) is 0 Å². The molecule has 3 heterocycles. The molecule has 0 aromatic carbocycles. The molecule has 2 N–H and O–H groups in total. The van der Waals surface area contributed by atoms with Crippen molar-refractivity contribution in [1.29, 1.82) is 0 Å². The predicted molar refractivity (Wildman–Crippen MR) is 111 cm³/mol. The van der Waals surface area contributed by atoms with Crippen LogP contribution in [0.5, 0.6) is 0 Å². The smallest absolute Gasteiger partial charge is 0.379 e. The molecule has 1 saturated heterocycles. The second-order valence-electron chi connectivity index (χ2n) is 9.37. The summed E-state index contributed by atoms with van der Waals surface area (Å²) in [6.07, 6.45) is 1.50. The van der Waals surface area contributed by atoms with E-state index < -0.39 is 17.9 Å². The lowest BCUT2D eigenvalue weighted by atomic mass is 10.0. The van der Waals surface area contributed by atoms with E-state index in [0.29, 0.717) is 35.2 Å². The third kappa shape index (κ3) is 3.70. The fourth-order valence-corrected chi connectivity index (χ4v) is 5.73. The standard InChI is InChI=1S/C22H30F3N5O/c1-13(2)29-12-14(11-16(21(29)26)22(23,24)25)17-5-6-30(27-17)20-15-3-4-18(19(15)20)28-7-9-31-10-8-28/h5-6,11-13,15,18-21H,3-4,7-10,26H2,1-2H3. The Morgan fingerprint density at radius 3 is 2.61 bits per heavy atom. The Balaban J connectivity index is 1.37. The number of rotatable bonds is 4. The van der Waals surface area contributed by atoms with Gasteiger partial charge >= 0.3 is 6.18 Å². The van der Waals surface area contributed by atoms with Gasteiger partial charge in [0.15, 0.2) is 0 Å². The molecule has 0 radical (unpaired) electrons. The molecule has 4 aliphatic rings. The van der Waals surface area contributed by atoms with Crippen LogP contribution >= 0.6 is 0 Å². The topological polar surface area (TPSA) is 59.5 Å². The number of alkyl halides is 3. The summed E-state index contributed by atoms with van der Waals surface area (Å²) in [7, 11) is 0. The van der Waals surface area contributed by atoms with Gasteiger partial charge in [-0.15, -0.1) is 0 Å². The van der Waals surface area contributed by atoms with Crippen LogP contribution < -0.4 is 5.73 Å². The normalized spacial score (nSPS) is 34.0. The second kappa shape index (κ2) is 7.64. The monoisotopic (exact) mass is 437 g/mol. The molecule has 5 atom stereocenters. The highest BCUT2D eigenvalue weighted by molar-refractivity contribution is 5.74. The largest absolute Gasteiger partial charge is 0.415 e. The Kier molecular flexibility index (Phi) is 5.18. The first-order valence-corrected chi connectivity index (χ1v) is 11.2. The van der Waals surface area contributed by atoms with Crippen molar-refractivity contribution in [2.24, 2.45) is 17.6 Å². The average Bonchev–Trinajstić information content (AvgIpc) is 3.07. The molecule has 2 aliphatic carbocycles. The number of fused-ring (bicyclic) bond motifs is 1. The molecule has 0 spiro atoms. The zero-order valence-electron chi connectivity index (χ0n) is 17.9. The molecular weight excluding hydrogens is 407 g/mol. The second-order valence-corrected chi connectivity index (χ2v) is 9.37. The maximum absolute atomic E-state index is 13.6. The van der Waals surface area contributed by atoms with Gasteiger partial charge in [-0.1, -0.05) is 0 Å². The summed E-state index contributed by atoms with van der Waals surface area (Å²) >= 11 is 0. The van der Waals surface area contributed by atoms with E-state index in [1.54, 1.807) is 11.1 Å². The van der Waals surface area contributed by atoms with Crippen LogP contribution in [0.1, 0.15) is 38.4 Å². The Labute approximate surface area is 180 Å². The minimum Gasteiger partial charge on any atom is -0.379 e. The maximum Gasteiger partial charge on any atom is 0.415 e. The van der Waals surface area contributed by atoms with Gasteiger partial charge < -0.3 is 15.4 Å². The first-order chi connectivity index (χ1) is 14.8. The molecule has 1 aromatic heterocycles. The zero-order chi connectivity index (χ0) is 21.9. The molecule has 5 unspecified atom stereocenters. The summed E-state index contributed by atoms with van der Waals surface area (Å²) < 4.78 is 48.3. The Morgan fingerprint density at radius 1 is 1.19 bits per heavy atom. The van der Waals surface area contributed by atoms with Gasteiger partial charge in [-0.2, -0.15) is 18.3 Å². The van der Waals surface area contributed by atoms with Gasteiger partial charge in [0.1, 0.15) is 6.17 Å². The number of hydrogen-bond donors (Lipinski definition) is 1. The highest BCUT2D eigenvalue weighted by Gasteiger charge is 2.60. The number of allylic oxidation sites excluding steroid dienone is 2. The van der Waals surface area contributed by atoms with Crippen molar-refractivity contribution >= 4 is 5.57 Å². The quantitative estimate of drug-likeness (QED) is 0.785. The molecule has 2 saturated carbocycles. The van der Waals surface area contributed by atoms with Crippen molar-refractivity contribution in [3.8, 4) is 0 Å². The van der Waals surface area contributed by atoms with Crippen molar-refractivity contribution in [1.82, 2.24) is 19.6 Å². The molecule has 0 amide bonds. The first kappa shape index (κ1) is 21.0. The minimum atomic E-state index is -4.48. The number of ether oxygens (including phenoxy) is 1. The molecular formula is C22H30F3N5O. The lowest BCUT2D eigenvalue weighted by Crippen LogP contribution is -2.48. The fraction of sp³-hybridized carbons (Fsp3) is 0.682. The third-order valence-corrected chi connectivity index (χ3v) is 7.31. The van der Waals surface area contributed by atoms with Crippen LogP contribution in [0.2, 0.25) is 0 Å². The summed E-state index contributed by atoms with van der Waals surface area (Å²) in [6.45, 7) is 7.22. The van der Waals surface area contributed by atoms with E-state index in [2.05, 4.69) is 4.90 Å². The van der Waals surface area contributed by atoms with Crippen molar-refractivity contribution in [3.63, 3.8) is 0 Å². The molecule has 0 bridgehead atoms. The molecule has 170 valence electrons. The van der Waals surface area contributed by atoms with E-state index in [0.717, 1.165) is 32.4 Å². The lowest BCUT2D eigenvalue weighted by Gasteiger charge is -2.36. The molecule has 1 aromatic rings. The summed E-state index contributed by atoms with van der Waals surface area (Å²) in [6, 6.07) is 2.57. The number of halogens is 3. The van der Waals surface area contributed by atoms with E-state index in [-0.39, 0.29) is 6.04 Å². The number of hydrogen-bond acceptors (Lipinski definition) is 5. The average molecular weight is 438 g/mol. The Morgan fingerprint density at radius 2 is 1.94 bits per heavy atom. The van der Waals surface area contributed by atoms with Crippen LogP contribution in [-0.2, 0) is 4.74 Å². The third-order valence-electron chi connectivity index (χ3n) is 7.31. The summed E-state index contributed by atoms with van der Waals surface area (Å²) in [5.41, 5.74) is 6.20. The van der Waals surface area contributed by atoms with Crippen LogP contribution in [0, 0.1) is 11.8 Å². The number of morpholine rings is 1.